The molecule has 0 aliphatic heterocycles. The lowest BCUT2D eigenvalue weighted by atomic mass is 10.2. The first-order valence-electron chi connectivity index (χ1n) is 7.81. The van der Waals surface area contributed by atoms with Crippen molar-refractivity contribution in [2.75, 3.05) is 6.61 Å². The van der Waals surface area contributed by atoms with Crippen molar-refractivity contribution in [2.45, 2.75) is 39.3 Å². The lowest BCUT2D eigenvalue weighted by Gasteiger charge is -2.16. The zero-order chi connectivity index (χ0) is 16.7. The van der Waals surface area contributed by atoms with Crippen molar-refractivity contribution in [3.63, 3.8) is 0 Å². The van der Waals surface area contributed by atoms with E-state index < -0.39 is 0 Å². The van der Waals surface area contributed by atoms with Gasteiger partial charge in [-0.25, -0.2) is 9.78 Å². The summed E-state index contributed by atoms with van der Waals surface area (Å²) in [6.07, 6.45) is 1.37. The number of aliphatic hydroxyl groups excluding tert-OH is 1. The van der Waals surface area contributed by atoms with Crippen LogP contribution in [0.2, 0.25) is 0 Å². The number of carbonyl (C=O) groups excluding carboxylic acids is 1. The highest BCUT2D eigenvalue weighted by molar-refractivity contribution is 7.15. The number of urea groups is 1. The second-order valence-corrected chi connectivity index (χ2v) is 6.42. The predicted molar refractivity (Wildman–Crippen MR) is 93.4 cm³/mol. The SMILES string of the molecule is CCC(CCO)NC(=O)NCc1sc(-c2ccccc2)nc1C. The predicted octanol–water partition coefficient (Wildman–Crippen LogP) is 3.08. The zero-order valence-electron chi connectivity index (χ0n) is 13.5. The van der Waals surface area contributed by atoms with Crippen LogP contribution in [-0.4, -0.2) is 28.8 Å². The molecule has 5 nitrogen and oxygen atoms in total. The molecule has 0 saturated heterocycles. The lowest BCUT2D eigenvalue weighted by Crippen LogP contribution is -2.41. The molecule has 0 spiro atoms. The summed E-state index contributed by atoms with van der Waals surface area (Å²) in [4.78, 5) is 17.6. The Morgan fingerprint density at radius 1 is 1.35 bits per heavy atom. The van der Waals surface area contributed by atoms with Crippen molar-refractivity contribution < 1.29 is 9.90 Å². The summed E-state index contributed by atoms with van der Waals surface area (Å²) in [5, 5.41) is 15.7. The van der Waals surface area contributed by atoms with Crippen LogP contribution in [0.15, 0.2) is 30.3 Å². The summed E-state index contributed by atoms with van der Waals surface area (Å²) in [5.41, 5.74) is 2.03. The number of rotatable bonds is 7. The van der Waals surface area contributed by atoms with E-state index in [-0.39, 0.29) is 18.7 Å². The molecule has 1 atom stereocenters. The minimum atomic E-state index is -0.209. The molecular weight excluding hydrogens is 310 g/mol. The topological polar surface area (TPSA) is 74.2 Å². The van der Waals surface area contributed by atoms with Crippen molar-refractivity contribution in [1.29, 1.82) is 0 Å². The number of benzene rings is 1. The normalized spacial score (nSPS) is 12.0. The number of aromatic nitrogens is 1. The van der Waals surface area contributed by atoms with Crippen molar-refractivity contribution in [3.8, 4) is 10.6 Å². The first kappa shape index (κ1) is 17.4. The summed E-state index contributed by atoms with van der Waals surface area (Å²) < 4.78 is 0. The summed E-state index contributed by atoms with van der Waals surface area (Å²) >= 11 is 1.60. The molecule has 2 aromatic rings. The van der Waals surface area contributed by atoms with Gasteiger partial charge in [-0.05, 0) is 19.8 Å². The monoisotopic (exact) mass is 333 g/mol. The maximum Gasteiger partial charge on any atom is 0.315 e. The van der Waals surface area contributed by atoms with Crippen LogP contribution in [0.1, 0.15) is 30.3 Å². The third-order valence-electron chi connectivity index (χ3n) is 3.63. The molecule has 124 valence electrons. The zero-order valence-corrected chi connectivity index (χ0v) is 14.3. The Kier molecular flexibility index (Phi) is 6.55. The lowest BCUT2D eigenvalue weighted by molar-refractivity contribution is 0.227. The molecule has 6 heteroatoms. The van der Waals surface area contributed by atoms with Gasteiger partial charge in [0, 0.05) is 23.1 Å². The van der Waals surface area contributed by atoms with Gasteiger partial charge in [0.1, 0.15) is 5.01 Å². The molecule has 1 heterocycles. The molecule has 1 unspecified atom stereocenters. The molecule has 0 aliphatic rings. The van der Waals surface area contributed by atoms with E-state index in [9.17, 15) is 4.79 Å². The standard InChI is InChI=1S/C17H23N3O2S/c1-3-14(9-10-21)20-17(22)18-11-15-12(2)19-16(23-15)13-7-5-4-6-8-13/h4-8,14,21H,3,9-11H2,1-2H3,(H2,18,20,22). The number of thiazole rings is 1. The summed E-state index contributed by atoms with van der Waals surface area (Å²) in [6, 6.07) is 9.81. The summed E-state index contributed by atoms with van der Waals surface area (Å²) in [6.45, 7) is 4.48. The fourth-order valence-corrected chi connectivity index (χ4v) is 3.24. The van der Waals surface area contributed by atoms with Crippen LogP contribution in [0.4, 0.5) is 4.79 Å². The Hall–Kier alpha value is -1.92. The van der Waals surface area contributed by atoms with Gasteiger partial charge in [-0.3, -0.25) is 0 Å². The van der Waals surface area contributed by atoms with Gasteiger partial charge in [-0.2, -0.15) is 0 Å². The molecule has 0 fully saturated rings. The molecule has 1 aromatic heterocycles. The first-order valence-corrected chi connectivity index (χ1v) is 8.62. The highest BCUT2D eigenvalue weighted by atomic mass is 32.1. The molecule has 1 aromatic carbocycles. The first-order chi connectivity index (χ1) is 11.1. The van der Waals surface area contributed by atoms with E-state index in [1.807, 2.05) is 44.2 Å². The summed E-state index contributed by atoms with van der Waals surface area (Å²) in [7, 11) is 0. The maximum absolute atomic E-state index is 11.9. The number of carbonyl (C=O) groups is 1. The van der Waals surface area contributed by atoms with Gasteiger partial charge >= 0.3 is 6.03 Å². The number of aryl methyl sites for hydroxylation is 1. The third-order valence-corrected chi connectivity index (χ3v) is 4.83. The van der Waals surface area contributed by atoms with Crippen molar-refractivity contribution in [1.82, 2.24) is 15.6 Å². The summed E-state index contributed by atoms with van der Waals surface area (Å²) in [5.74, 6) is 0. The van der Waals surface area contributed by atoms with Crippen molar-refractivity contribution in [3.05, 3.63) is 40.9 Å². The molecule has 0 saturated carbocycles. The van der Waals surface area contributed by atoms with Crippen LogP contribution in [0, 0.1) is 6.92 Å². The molecule has 2 amide bonds. The van der Waals surface area contributed by atoms with E-state index in [0.717, 1.165) is 27.6 Å². The van der Waals surface area contributed by atoms with Gasteiger partial charge in [-0.15, -0.1) is 11.3 Å². The maximum atomic E-state index is 11.9. The Morgan fingerprint density at radius 3 is 2.74 bits per heavy atom. The van der Waals surface area contributed by atoms with E-state index in [0.29, 0.717) is 13.0 Å². The van der Waals surface area contributed by atoms with E-state index in [1.165, 1.54) is 0 Å². The van der Waals surface area contributed by atoms with E-state index in [4.69, 9.17) is 5.11 Å². The van der Waals surface area contributed by atoms with Gasteiger partial charge in [-0.1, -0.05) is 37.3 Å². The minimum absolute atomic E-state index is 0.00226. The van der Waals surface area contributed by atoms with Gasteiger partial charge in [0.2, 0.25) is 0 Å². The number of nitrogens with zero attached hydrogens (tertiary/aromatic N) is 1. The molecule has 0 bridgehead atoms. The van der Waals surface area contributed by atoms with Crippen molar-refractivity contribution in [2.24, 2.45) is 0 Å². The second kappa shape index (κ2) is 8.64. The van der Waals surface area contributed by atoms with E-state index in [2.05, 4.69) is 15.6 Å². The Morgan fingerprint density at radius 2 is 2.09 bits per heavy atom. The van der Waals surface area contributed by atoms with Crippen LogP contribution in [-0.2, 0) is 6.54 Å². The average molecular weight is 333 g/mol. The number of hydrogen-bond acceptors (Lipinski definition) is 4. The quantitative estimate of drug-likeness (QED) is 0.729. The van der Waals surface area contributed by atoms with E-state index in [1.54, 1.807) is 11.3 Å². The fourth-order valence-electron chi connectivity index (χ4n) is 2.23. The number of hydrogen-bond donors (Lipinski definition) is 3. The van der Waals surface area contributed by atoms with Crippen molar-refractivity contribution >= 4 is 17.4 Å². The fraction of sp³-hybridized carbons (Fsp3) is 0.412. The van der Waals surface area contributed by atoms with Gasteiger partial charge < -0.3 is 15.7 Å². The van der Waals surface area contributed by atoms with Gasteiger partial charge in [0.25, 0.3) is 0 Å². The second-order valence-electron chi connectivity index (χ2n) is 5.34. The number of aliphatic hydroxyl groups is 1. The highest BCUT2D eigenvalue weighted by Crippen LogP contribution is 2.27. The minimum Gasteiger partial charge on any atom is -0.396 e. The van der Waals surface area contributed by atoms with Crippen LogP contribution >= 0.6 is 11.3 Å². The molecule has 0 aliphatic carbocycles. The number of amides is 2. The van der Waals surface area contributed by atoms with Crippen LogP contribution in [0.25, 0.3) is 10.6 Å². The third kappa shape index (κ3) is 5.04. The largest absolute Gasteiger partial charge is 0.396 e. The Labute approximate surface area is 140 Å². The van der Waals surface area contributed by atoms with Crippen LogP contribution in [0.5, 0.6) is 0 Å². The Balaban J connectivity index is 1.93. The highest BCUT2D eigenvalue weighted by Gasteiger charge is 2.12. The average Bonchev–Trinajstić information content (AvgIpc) is 2.94. The van der Waals surface area contributed by atoms with Crippen LogP contribution in [0.3, 0.4) is 0 Å². The Bertz CT molecular complexity index is 628. The smallest absolute Gasteiger partial charge is 0.315 e. The van der Waals surface area contributed by atoms with Gasteiger partial charge in [0.15, 0.2) is 0 Å². The molecular formula is C17H23N3O2S. The molecule has 23 heavy (non-hydrogen) atoms. The van der Waals surface area contributed by atoms with Gasteiger partial charge in [0.05, 0.1) is 12.2 Å². The molecule has 2 rings (SSSR count). The van der Waals surface area contributed by atoms with E-state index >= 15 is 0 Å². The van der Waals surface area contributed by atoms with Crippen LogP contribution < -0.4 is 10.6 Å². The molecule has 3 N–H and O–H groups in total. The number of nitrogens with one attached hydrogen (secondary N) is 2. The molecule has 0 radical (unpaired) electrons.